The number of carbonyl (C=O) groups is 2. The fourth-order valence-electron chi connectivity index (χ4n) is 3.02. The molecule has 28 heavy (non-hydrogen) atoms. The van der Waals surface area contributed by atoms with E-state index in [0.29, 0.717) is 18.1 Å². The van der Waals surface area contributed by atoms with E-state index in [9.17, 15) is 9.59 Å². The lowest BCUT2D eigenvalue weighted by Gasteiger charge is -2.13. The number of amides is 2. The summed E-state index contributed by atoms with van der Waals surface area (Å²) in [6, 6.07) is 9.58. The lowest BCUT2D eigenvalue weighted by atomic mass is 9.97. The van der Waals surface area contributed by atoms with Crippen LogP contribution in [0.15, 0.2) is 55.4 Å². The number of hydrogen-bond acceptors (Lipinski definition) is 4. The second-order valence-electron chi connectivity index (χ2n) is 6.43. The number of pyridine rings is 2. The third kappa shape index (κ3) is 4.23. The highest BCUT2D eigenvalue weighted by Crippen LogP contribution is 2.33. The maximum absolute atomic E-state index is 12.0. The monoisotopic (exact) mass is 374 g/mol. The predicted octanol–water partition coefficient (Wildman–Crippen LogP) is 4.47. The summed E-state index contributed by atoms with van der Waals surface area (Å²) >= 11 is 0. The van der Waals surface area contributed by atoms with Gasteiger partial charge in [-0.15, -0.1) is 6.58 Å². The molecule has 0 fully saturated rings. The Morgan fingerprint density at radius 3 is 2.50 bits per heavy atom. The van der Waals surface area contributed by atoms with Crippen LogP contribution in [0.2, 0.25) is 0 Å². The van der Waals surface area contributed by atoms with E-state index in [4.69, 9.17) is 0 Å². The molecule has 0 unspecified atom stereocenters. The zero-order valence-electron chi connectivity index (χ0n) is 16.0. The van der Waals surface area contributed by atoms with Gasteiger partial charge in [0.1, 0.15) is 11.6 Å². The molecule has 2 N–H and O–H groups in total. The van der Waals surface area contributed by atoms with Crippen LogP contribution < -0.4 is 10.6 Å². The molecular weight excluding hydrogens is 352 g/mol. The molecule has 3 rings (SSSR count). The number of hydrogen-bond donors (Lipinski definition) is 2. The van der Waals surface area contributed by atoms with E-state index in [1.165, 1.54) is 6.08 Å². The molecule has 0 aliphatic heterocycles. The number of nitrogens with one attached hydrogen (secondary N) is 2. The summed E-state index contributed by atoms with van der Waals surface area (Å²) in [4.78, 5) is 32.5. The molecule has 0 bridgehead atoms. The van der Waals surface area contributed by atoms with Gasteiger partial charge >= 0.3 is 0 Å². The summed E-state index contributed by atoms with van der Waals surface area (Å²) in [5.41, 5.74) is 2.86. The summed E-state index contributed by atoms with van der Waals surface area (Å²) in [5.74, 6) is 0.401. The maximum Gasteiger partial charge on any atom is 0.229 e. The Kier molecular flexibility index (Phi) is 5.79. The summed E-state index contributed by atoms with van der Waals surface area (Å²) in [5, 5.41) is 7.63. The van der Waals surface area contributed by atoms with Crippen LogP contribution in [-0.2, 0) is 9.59 Å². The second-order valence-corrected chi connectivity index (χ2v) is 6.43. The molecule has 0 radical (unpaired) electrons. The highest BCUT2D eigenvalue weighted by atomic mass is 16.2. The Hall–Kier alpha value is -3.54. The van der Waals surface area contributed by atoms with Crippen molar-refractivity contribution in [3.8, 4) is 11.1 Å². The van der Waals surface area contributed by atoms with Gasteiger partial charge in [0.2, 0.25) is 11.8 Å². The van der Waals surface area contributed by atoms with Gasteiger partial charge < -0.3 is 10.6 Å². The van der Waals surface area contributed by atoms with Gasteiger partial charge in [-0.25, -0.2) is 4.98 Å². The molecule has 0 saturated heterocycles. The maximum atomic E-state index is 12.0. The van der Waals surface area contributed by atoms with Crippen LogP contribution in [0.3, 0.4) is 0 Å². The predicted molar refractivity (Wildman–Crippen MR) is 112 cm³/mol. The van der Waals surface area contributed by atoms with E-state index < -0.39 is 0 Å². The third-order valence-corrected chi connectivity index (χ3v) is 4.30. The van der Waals surface area contributed by atoms with Gasteiger partial charge in [-0.05, 0) is 41.1 Å². The molecule has 6 heteroatoms. The first-order valence-corrected chi connectivity index (χ1v) is 9.08. The van der Waals surface area contributed by atoms with E-state index in [1.54, 1.807) is 13.0 Å². The van der Waals surface area contributed by atoms with E-state index in [0.717, 1.165) is 27.5 Å². The van der Waals surface area contributed by atoms with Crippen molar-refractivity contribution >= 4 is 34.2 Å². The highest BCUT2D eigenvalue weighted by Gasteiger charge is 2.12. The lowest BCUT2D eigenvalue weighted by molar-refractivity contribution is -0.116. The number of nitrogens with zero attached hydrogens (tertiary/aromatic N) is 2. The van der Waals surface area contributed by atoms with Crippen LogP contribution in [0, 0.1) is 6.92 Å². The second kappa shape index (κ2) is 8.43. The van der Waals surface area contributed by atoms with Crippen molar-refractivity contribution in [1.82, 2.24) is 9.97 Å². The number of benzene rings is 1. The van der Waals surface area contributed by atoms with E-state index in [1.807, 2.05) is 43.6 Å². The van der Waals surface area contributed by atoms with Gasteiger partial charge in [-0.3, -0.25) is 14.6 Å². The molecule has 3 aromatic rings. The molecule has 1 aromatic carbocycles. The normalized spacial score (nSPS) is 10.5. The molecule has 2 aromatic heterocycles. The first-order chi connectivity index (χ1) is 13.5. The van der Waals surface area contributed by atoms with E-state index >= 15 is 0 Å². The van der Waals surface area contributed by atoms with Gasteiger partial charge in [0.15, 0.2) is 0 Å². The summed E-state index contributed by atoms with van der Waals surface area (Å²) in [6.45, 7) is 7.35. The van der Waals surface area contributed by atoms with Gasteiger partial charge in [-0.1, -0.05) is 31.2 Å². The van der Waals surface area contributed by atoms with Crippen LogP contribution in [0.5, 0.6) is 0 Å². The molecule has 2 heterocycles. The van der Waals surface area contributed by atoms with Crippen LogP contribution in [-0.4, -0.2) is 21.8 Å². The average molecular weight is 374 g/mol. The fraction of sp³-hybridized carbons (Fsp3) is 0.182. The first kappa shape index (κ1) is 19.2. The number of fused-ring (bicyclic) bond motifs is 1. The van der Waals surface area contributed by atoms with Crippen molar-refractivity contribution in [2.24, 2.45) is 0 Å². The quantitative estimate of drug-likeness (QED) is 0.624. The van der Waals surface area contributed by atoms with Gasteiger partial charge in [0.25, 0.3) is 0 Å². The van der Waals surface area contributed by atoms with Gasteiger partial charge in [0, 0.05) is 30.6 Å². The largest absolute Gasteiger partial charge is 0.311 e. The molecule has 2 amide bonds. The van der Waals surface area contributed by atoms with E-state index in [-0.39, 0.29) is 18.2 Å². The van der Waals surface area contributed by atoms with Gasteiger partial charge in [-0.2, -0.15) is 0 Å². The first-order valence-electron chi connectivity index (χ1n) is 9.08. The minimum atomic E-state index is -0.217. The fourth-order valence-corrected chi connectivity index (χ4v) is 3.02. The molecule has 6 nitrogen and oxygen atoms in total. The molecule has 0 aliphatic rings. The number of aromatic nitrogens is 2. The summed E-state index contributed by atoms with van der Waals surface area (Å²) in [7, 11) is 0. The van der Waals surface area contributed by atoms with Crippen LogP contribution in [0.4, 0.5) is 11.6 Å². The Balaban J connectivity index is 2.14. The average Bonchev–Trinajstić information content (AvgIpc) is 2.67. The molecule has 0 aliphatic carbocycles. The zero-order chi connectivity index (χ0) is 20.1. The van der Waals surface area contributed by atoms with Crippen molar-refractivity contribution in [3.63, 3.8) is 0 Å². The van der Waals surface area contributed by atoms with Crippen molar-refractivity contribution in [2.75, 3.05) is 10.6 Å². The standard InChI is InChI=1S/C22H22N4O2/c1-4-7-21(28)26-19-11-16(10-18(24-19)25-20(27)5-2)17-9-6-8-15-13-23-12-14(3)22(15)17/h4,6,8-13H,1,5,7H2,2-3H3,(H2,24,25,26,27,28). The SMILES string of the molecule is C=CCC(=O)Nc1cc(-c2cccc3cncc(C)c23)cc(NC(=O)CC)n1. The van der Waals surface area contributed by atoms with Crippen LogP contribution in [0.25, 0.3) is 21.9 Å². The molecule has 0 atom stereocenters. The van der Waals surface area contributed by atoms with Crippen molar-refractivity contribution in [2.45, 2.75) is 26.7 Å². The number of anilines is 2. The Bertz CT molecular complexity index is 1050. The molecule has 142 valence electrons. The van der Waals surface area contributed by atoms with E-state index in [2.05, 4.69) is 27.2 Å². The zero-order valence-corrected chi connectivity index (χ0v) is 16.0. The molecule has 0 saturated carbocycles. The molecular formula is C22H22N4O2. The van der Waals surface area contributed by atoms with Crippen molar-refractivity contribution in [3.05, 3.63) is 60.9 Å². The van der Waals surface area contributed by atoms with Crippen LogP contribution in [0.1, 0.15) is 25.3 Å². The highest BCUT2D eigenvalue weighted by molar-refractivity contribution is 6.00. The lowest BCUT2D eigenvalue weighted by Crippen LogP contribution is -2.14. The van der Waals surface area contributed by atoms with Crippen molar-refractivity contribution < 1.29 is 9.59 Å². The number of aryl methyl sites for hydroxylation is 1. The Morgan fingerprint density at radius 2 is 1.82 bits per heavy atom. The summed E-state index contributed by atoms with van der Waals surface area (Å²) < 4.78 is 0. The minimum Gasteiger partial charge on any atom is -0.311 e. The Morgan fingerprint density at radius 1 is 1.11 bits per heavy atom. The summed E-state index contributed by atoms with van der Waals surface area (Å²) in [6.07, 6.45) is 5.68. The Labute approximate surface area is 163 Å². The smallest absolute Gasteiger partial charge is 0.229 e. The third-order valence-electron chi connectivity index (χ3n) is 4.30. The number of rotatable bonds is 6. The van der Waals surface area contributed by atoms with Crippen LogP contribution >= 0.6 is 0 Å². The van der Waals surface area contributed by atoms with Crippen molar-refractivity contribution in [1.29, 1.82) is 0 Å². The topological polar surface area (TPSA) is 84.0 Å². The molecule has 0 spiro atoms. The number of carbonyl (C=O) groups excluding carboxylic acids is 2. The minimum absolute atomic E-state index is 0.147. The van der Waals surface area contributed by atoms with Gasteiger partial charge in [0.05, 0.1) is 0 Å².